The third-order valence-electron chi connectivity index (χ3n) is 4.89. The summed E-state index contributed by atoms with van der Waals surface area (Å²) in [5.41, 5.74) is 0.659. The molecule has 3 rings (SSSR count). The molecular weight excluding hydrogens is 298 g/mol. The van der Waals surface area contributed by atoms with Gasteiger partial charge in [-0.15, -0.1) is 0 Å². The number of piperidine rings is 1. The second-order valence-corrected chi connectivity index (χ2v) is 6.43. The highest BCUT2D eigenvalue weighted by Crippen LogP contribution is 2.31. The molecule has 1 fully saturated rings. The number of hydrogen-bond donors (Lipinski definition) is 0. The molecule has 2 aromatic carbocycles. The summed E-state index contributed by atoms with van der Waals surface area (Å²) in [5, 5.41) is 0. The molecule has 1 unspecified atom stereocenters. The third-order valence-corrected chi connectivity index (χ3v) is 4.89. The number of ether oxygens (including phenoxy) is 1. The van der Waals surface area contributed by atoms with Crippen LogP contribution >= 0.6 is 0 Å². The number of ketones is 1. The van der Waals surface area contributed by atoms with Crippen molar-refractivity contribution in [2.75, 3.05) is 26.7 Å². The van der Waals surface area contributed by atoms with E-state index in [1.807, 2.05) is 60.7 Å². The van der Waals surface area contributed by atoms with Gasteiger partial charge in [-0.05, 0) is 31.5 Å². The zero-order valence-electron chi connectivity index (χ0n) is 14.3. The first-order chi connectivity index (χ1) is 11.8. The molecule has 3 heteroatoms. The minimum Gasteiger partial charge on any atom is -0.364 e. The first-order valence-corrected chi connectivity index (χ1v) is 8.69. The second kappa shape index (κ2) is 7.73. The Bertz CT molecular complexity index is 650. The summed E-state index contributed by atoms with van der Waals surface area (Å²) in [6, 6.07) is 19.4. The van der Waals surface area contributed by atoms with Gasteiger partial charge in [0.25, 0.3) is 0 Å². The molecule has 0 radical (unpaired) electrons. The summed E-state index contributed by atoms with van der Waals surface area (Å²) in [6.07, 6.45) is 3.65. The van der Waals surface area contributed by atoms with Crippen LogP contribution in [0.2, 0.25) is 0 Å². The fraction of sp³-hybridized carbons (Fsp3) is 0.381. The largest absolute Gasteiger partial charge is 0.364 e. The highest BCUT2D eigenvalue weighted by Gasteiger charge is 2.42. The second-order valence-electron chi connectivity index (χ2n) is 6.43. The van der Waals surface area contributed by atoms with Gasteiger partial charge in [0.05, 0.1) is 0 Å². The average Bonchev–Trinajstić information content (AvgIpc) is 2.68. The van der Waals surface area contributed by atoms with Crippen LogP contribution in [0.5, 0.6) is 0 Å². The van der Waals surface area contributed by atoms with Gasteiger partial charge < -0.3 is 4.74 Å². The number of likely N-dealkylation sites (tertiary alicyclic amines) is 1. The van der Waals surface area contributed by atoms with E-state index in [4.69, 9.17) is 4.74 Å². The lowest BCUT2D eigenvalue weighted by Gasteiger charge is -2.38. The molecule has 0 N–H and O–H groups in total. The highest BCUT2D eigenvalue weighted by atomic mass is 16.5. The first kappa shape index (κ1) is 16.9. The van der Waals surface area contributed by atoms with Crippen LogP contribution in [0.1, 0.15) is 35.2 Å². The maximum absolute atomic E-state index is 13.4. The summed E-state index contributed by atoms with van der Waals surface area (Å²) in [4.78, 5) is 15.8. The van der Waals surface area contributed by atoms with E-state index in [1.54, 1.807) is 7.11 Å². The van der Waals surface area contributed by atoms with Crippen molar-refractivity contribution in [2.24, 2.45) is 0 Å². The van der Waals surface area contributed by atoms with Crippen LogP contribution in [-0.4, -0.2) is 37.4 Å². The minimum atomic E-state index is -0.958. The van der Waals surface area contributed by atoms with Crippen LogP contribution in [0.3, 0.4) is 0 Å². The monoisotopic (exact) mass is 323 g/mol. The highest BCUT2D eigenvalue weighted by molar-refractivity contribution is 6.03. The fourth-order valence-corrected chi connectivity index (χ4v) is 3.53. The number of methoxy groups -OCH3 is 1. The van der Waals surface area contributed by atoms with Gasteiger partial charge in [-0.3, -0.25) is 9.69 Å². The van der Waals surface area contributed by atoms with Gasteiger partial charge in [0, 0.05) is 19.2 Å². The predicted molar refractivity (Wildman–Crippen MR) is 96.2 cm³/mol. The van der Waals surface area contributed by atoms with Gasteiger partial charge >= 0.3 is 0 Å². The van der Waals surface area contributed by atoms with Crippen molar-refractivity contribution >= 4 is 5.78 Å². The lowest BCUT2D eigenvalue weighted by Crippen LogP contribution is -2.49. The van der Waals surface area contributed by atoms with Crippen LogP contribution in [0, 0.1) is 0 Å². The maximum atomic E-state index is 13.4. The third kappa shape index (κ3) is 3.42. The van der Waals surface area contributed by atoms with Crippen molar-refractivity contribution in [1.29, 1.82) is 0 Å². The Morgan fingerprint density at radius 3 is 2.12 bits per heavy atom. The lowest BCUT2D eigenvalue weighted by atomic mass is 9.84. The number of hydrogen-bond acceptors (Lipinski definition) is 3. The van der Waals surface area contributed by atoms with Gasteiger partial charge in [-0.1, -0.05) is 67.1 Å². The molecular formula is C21H25NO2. The van der Waals surface area contributed by atoms with E-state index in [9.17, 15) is 4.79 Å². The number of Topliss-reactive ketones (excluding diaryl/α,β-unsaturated/α-hetero) is 1. The number of carbonyl (C=O) groups is 1. The Hall–Kier alpha value is -1.97. The smallest absolute Gasteiger partial charge is 0.200 e. The zero-order valence-corrected chi connectivity index (χ0v) is 14.3. The maximum Gasteiger partial charge on any atom is 0.200 e. The van der Waals surface area contributed by atoms with Crippen molar-refractivity contribution in [3.8, 4) is 0 Å². The predicted octanol–water partition coefficient (Wildman–Crippen LogP) is 3.90. The van der Waals surface area contributed by atoms with Crippen LogP contribution in [0.15, 0.2) is 60.7 Å². The van der Waals surface area contributed by atoms with Gasteiger partial charge in [0.1, 0.15) is 0 Å². The molecule has 0 aromatic heterocycles. The molecule has 1 saturated heterocycles. The lowest BCUT2D eigenvalue weighted by molar-refractivity contribution is -0.0250. The summed E-state index contributed by atoms with van der Waals surface area (Å²) < 4.78 is 5.95. The molecule has 0 spiro atoms. The topological polar surface area (TPSA) is 29.5 Å². The van der Waals surface area contributed by atoms with E-state index in [0.717, 1.165) is 18.7 Å². The Labute approximate surface area is 144 Å². The van der Waals surface area contributed by atoms with Crippen molar-refractivity contribution in [3.05, 3.63) is 71.8 Å². The van der Waals surface area contributed by atoms with Crippen molar-refractivity contribution in [3.63, 3.8) is 0 Å². The van der Waals surface area contributed by atoms with E-state index in [0.29, 0.717) is 12.1 Å². The van der Waals surface area contributed by atoms with E-state index < -0.39 is 5.60 Å². The van der Waals surface area contributed by atoms with Gasteiger partial charge in [0.15, 0.2) is 5.60 Å². The Morgan fingerprint density at radius 2 is 1.54 bits per heavy atom. The van der Waals surface area contributed by atoms with Crippen LogP contribution in [0.4, 0.5) is 0 Å². The summed E-state index contributed by atoms with van der Waals surface area (Å²) in [6.45, 7) is 2.65. The molecule has 1 aliphatic heterocycles. The Balaban J connectivity index is 2.00. The van der Waals surface area contributed by atoms with Crippen molar-refractivity contribution in [2.45, 2.75) is 24.9 Å². The van der Waals surface area contributed by atoms with Gasteiger partial charge in [-0.25, -0.2) is 0 Å². The Kier molecular flexibility index (Phi) is 5.44. The minimum absolute atomic E-state index is 0.0300. The summed E-state index contributed by atoms with van der Waals surface area (Å²) in [5.74, 6) is 0.0300. The molecule has 0 aliphatic carbocycles. The van der Waals surface area contributed by atoms with Crippen molar-refractivity contribution < 1.29 is 9.53 Å². The molecule has 3 nitrogen and oxygen atoms in total. The van der Waals surface area contributed by atoms with Gasteiger partial charge in [-0.2, -0.15) is 0 Å². The number of carbonyl (C=O) groups excluding carboxylic acids is 1. The zero-order chi connectivity index (χ0) is 16.8. The molecule has 1 heterocycles. The van der Waals surface area contributed by atoms with Crippen LogP contribution in [-0.2, 0) is 10.3 Å². The molecule has 0 amide bonds. The Morgan fingerprint density at radius 1 is 0.958 bits per heavy atom. The van der Waals surface area contributed by atoms with E-state index in [1.165, 1.54) is 19.3 Å². The average molecular weight is 323 g/mol. The number of rotatable bonds is 6. The molecule has 126 valence electrons. The molecule has 1 aliphatic rings. The van der Waals surface area contributed by atoms with E-state index in [2.05, 4.69) is 4.90 Å². The van der Waals surface area contributed by atoms with Crippen LogP contribution in [0.25, 0.3) is 0 Å². The number of nitrogens with zero attached hydrogens (tertiary/aromatic N) is 1. The van der Waals surface area contributed by atoms with E-state index >= 15 is 0 Å². The van der Waals surface area contributed by atoms with Crippen molar-refractivity contribution in [1.82, 2.24) is 4.90 Å². The molecule has 2 aromatic rings. The van der Waals surface area contributed by atoms with E-state index in [-0.39, 0.29) is 5.78 Å². The quantitative estimate of drug-likeness (QED) is 0.755. The SMILES string of the molecule is COC(CN1CCCCC1)(C(=O)c1ccccc1)c1ccccc1. The standard InChI is InChI=1S/C21H25NO2/c1-24-21(19-13-7-3-8-14-19,17-22-15-9-4-10-16-22)20(23)18-11-5-2-6-12-18/h2-3,5-8,11-14H,4,9-10,15-17H2,1H3. The van der Waals surface area contributed by atoms with Gasteiger partial charge in [0.2, 0.25) is 5.78 Å². The molecule has 24 heavy (non-hydrogen) atoms. The van der Waals surface area contributed by atoms with Crippen LogP contribution < -0.4 is 0 Å². The number of benzene rings is 2. The normalized spacial score (nSPS) is 18.0. The fourth-order valence-electron chi connectivity index (χ4n) is 3.53. The molecule has 0 saturated carbocycles. The first-order valence-electron chi connectivity index (χ1n) is 8.69. The summed E-state index contributed by atoms with van der Waals surface area (Å²) >= 11 is 0. The summed E-state index contributed by atoms with van der Waals surface area (Å²) in [7, 11) is 1.65. The molecule has 0 bridgehead atoms. The molecule has 1 atom stereocenters.